The van der Waals surface area contributed by atoms with E-state index in [4.69, 9.17) is 5.11 Å². The molecule has 92 valence electrons. The molecular weight excluding hydrogens is 224 g/mol. The Kier molecular flexibility index (Phi) is 2.65. The summed E-state index contributed by atoms with van der Waals surface area (Å²) in [7, 11) is 0. The molecule has 2 aliphatic heterocycles. The molecule has 0 aromatic carbocycles. The van der Waals surface area contributed by atoms with Crippen molar-refractivity contribution in [2.24, 2.45) is 0 Å². The van der Waals surface area contributed by atoms with Gasteiger partial charge in [-0.15, -0.1) is 0 Å². The Morgan fingerprint density at radius 1 is 1.47 bits per heavy atom. The van der Waals surface area contributed by atoms with Crippen LogP contribution in [0.25, 0.3) is 0 Å². The first-order valence-corrected chi connectivity index (χ1v) is 5.46. The number of fused-ring (bicyclic) bond motifs is 1. The first-order valence-electron chi connectivity index (χ1n) is 5.46. The normalized spacial score (nSPS) is 27.4. The molecule has 0 unspecified atom stereocenters. The Bertz CT molecular complexity index is 441. The SMILES string of the molecule is CC(=O)N[C@@H]1C(=O)N2C(C(=O)O)=C(C)CC[C@H]12. The van der Waals surface area contributed by atoms with Crippen molar-refractivity contribution in [1.29, 1.82) is 0 Å². The van der Waals surface area contributed by atoms with Crippen molar-refractivity contribution in [2.45, 2.75) is 38.8 Å². The van der Waals surface area contributed by atoms with Crippen LogP contribution >= 0.6 is 0 Å². The van der Waals surface area contributed by atoms with E-state index in [2.05, 4.69) is 5.32 Å². The quantitative estimate of drug-likeness (QED) is 0.655. The predicted octanol–water partition coefficient (Wildman–Crippen LogP) is -0.146. The smallest absolute Gasteiger partial charge is 0.352 e. The summed E-state index contributed by atoms with van der Waals surface area (Å²) in [4.78, 5) is 35.1. The van der Waals surface area contributed by atoms with E-state index in [1.54, 1.807) is 6.92 Å². The number of carboxylic acids is 1. The van der Waals surface area contributed by atoms with Gasteiger partial charge in [-0.3, -0.25) is 14.5 Å². The van der Waals surface area contributed by atoms with E-state index in [1.165, 1.54) is 11.8 Å². The van der Waals surface area contributed by atoms with Gasteiger partial charge in [0.1, 0.15) is 11.7 Å². The van der Waals surface area contributed by atoms with Crippen molar-refractivity contribution in [3.8, 4) is 0 Å². The molecule has 2 amide bonds. The van der Waals surface area contributed by atoms with Crippen LogP contribution in [-0.2, 0) is 14.4 Å². The van der Waals surface area contributed by atoms with Gasteiger partial charge in [-0.25, -0.2) is 4.79 Å². The molecule has 2 rings (SSSR count). The van der Waals surface area contributed by atoms with Crippen molar-refractivity contribution in [1.82, 2.24) is 10.2 Å². The lowest BCUT2D eigenvalue weighted by molar-refractivity contribution is -0.155. The van der Waals surface area contributed by atoms with Gasteiger partial charge in [0.15, 0.2) is 0 Å². The highest BCUT2D eigenvalue weighted by molar-refractivity contribution is 6.01. The molecule has 1 saturated heterocycles. The van der Waals surface area contributed by atoms with Crippen molar-refractivity contribution >= 4 is 17.8 Å². The summed E-state index contributed by atoms with van der Waals surface area (Å²) in [5.41, 5.74) is 0.788. The molecule has 0 aromatic heterocycles. The fourth-order valence-corrected chi connectivity index (χ4v) is 2.47. The molecule has 0 radical (unpaired) electrons. The average molecular weight is 238 g/mol. The number of β-lactam (4-membered cyclic amide) rings is 1. The second kappa shape index (κ2) is 3.87. The Hall–Kier alpha value is -1.85. The van der Waals surface area contributed by atoms with Crippen LogP contribution in [-0.4, -0.2) is 39.9 Å². The molecule has 6 heteroatoms. The maximum atomic E-state index is 11.8. The van der Waals surface area contributed by atoms with Crippen LogP contribution in [0.4, 0.5) is 0 Å². The Morgan fingerprint density at radius 3 is 2.65 bits per heavy atom. The minimum atomic E-state index is -1.08. The number of amides is 2. The molecule has 2 atom stereocenters. The van der Waals surface area contributed by atoms with E-state index in [1.807, 2.05) is 0 Å². The molecule has 1 fully saturated rings. The summed E-state index contributed by atoms with van der Waals surface area (Å²) in [6, 6.07) is -0.767. The number of carbonyl (C=O) groups is 3. The van der Waals surface area contributed by atoms with Gasteiger partial charge in [0.05, 0.1) is 6.04 Å². The highest BCUT2D eigenvalue weighted by atomic mass is 16.4. The molecule has 0 spiro atoms. The van der Waals surface area contributed by atoms with Crippen molar-refractivity contribution < 1.29 is 19.5 Å². The van der Waals surface area contributed by atoms with Crippen LogP contribution in [0.2, 0.25) is 0 Å². The summed E-state index contributed by atoms with van der Waals surface area (Å²) < 4.78 is 0. The van der Waals surface area contributed by atoms with Crippen molar-refractivity contribution in [3.63, 3.8) is 0 Å². The zero-order chi connectivity index (χ0) is 12.7. The maximum absolute atomic E-state index is 11.8. The van der Waals surface area contributed by atoms with Gasteiger partial charge in [0.2, 0.25) is 5.91 Å². The third-order valence-electron chi connectivity index (χ3n) is 3.24. The fraction of sp³-hybridized carbons (Fsp3) is 0.545. The number of allylic oxidation sites excluding steroid dienone is 1. The minimum absolute atomic E-state index is 0.0767. The van der Waals surface area contributed by atoms with E-state index in [-0.39, 0.29) is 23.6 Å². The summed E-state index contributed by atoms with van der Waals surface area (Å²) in [5.74, 6) is -1.69. The van der Waals surface area contributed by atoms with Crippen molar-refractivity contribution in [2.75, 3.05) is 0 Å². The lowest BCUT2D eigenvalue weighted by Gasteiger charge is -2.49. The molecule has 17 heavy (non-hydrogen) atoms. The molecule has 0 saturated carbocycles. The highest BCUT2D eigenvalue weighted by Gasteiger charge is 2.52. The van der Waals surface area contributed by atoms with Gasteiger partial charge in [-0.05, 0) is 25.3 Å². The van der Waals surface area contributed by atoms with Gasteiger partial charge in [-0.1, -0.05) is 0 Å². The molecule has 0 aliphatic carbocycles. The van der Waals surface area contributed by atoms with Gasteiger partial charge in [0, 0.05) is 6.92 Å². The topological polar surface area (TPSA) is 86.7 Å². The summed E-state index contributed by atoms with van der Waals surface area (Å²) in [6.07, 6.45) is 1.34. The van der Waals surface area contributed by atoms with Crippen LogP contribution in [0.5, 0.6) is 0 Å². The summed E-state index contributed by atoms with van der Waals surface area (Å²) in [5, 5.41) is 11.6. The van der Waals surface area contributed by atoms with E-state index in [0.717, 1.165) is 0 Å². The number of nitrogens with one attached hydrogen (secondary N) is 1. The zero-order valence-corrected chi connectivity index (χ0v) is 9.69. The second-order valence-corrected chi connectivity index (χ2v) is 4.43. The van der Waals surface area contributed by atoms with Crippen LogP contribution in [0.15, 0.2) is 11.3 Å². The van der Waals surface area contributed by atoms with E-state index < -0.39 is 12.0 Å². The second-order valence-electron chi connectivity index (χ2n) is 4.43. The number of carbonyl (C=O) groups excluding carboxylic acids is 2. The number of nitrogens with zero attached hydrogens (tertiary/aromatic N) is 1. The van der Waals surface area contributed by atoms with Gasteiger partial charge in [-0.2, -0.15) is 0 Å². The number of aliphatic carboxylic acids is 1. The van der Waals surface area contributed by atoms with Crippen LogP contribution < -0.4 is 5.32 Å². The highest BCUT2D eigenvalue weighted by Crippen LogP contribution is 2.36. The maximum Gasteiger partial charge on any atom is 0.352 e. The predicted molar refractivity (Wildman–Crippen MR) is 57.8 cm³/mol. The molecule has 0 bridgehead atoms. The van der Waals surface area contributed by atoms with Crippen LogP contribution in [0, 0.1) is 0 Å². The first kappa shape index (κ1) is 11.6. The Balaban J connectivity index is 2.24. The standard InChI is InChI=1S/C11H14N2O4/c1-5-3-4-7-8(12-6(2)14)10(15)13(7)9(5)11(16)17/h7-8H,3-4H2,1-2H3,(H,12,14)(H,16,17)/t7-,8+/m1/s1. The fourth-order valence-electron chi connectivity index (χ4n) is 2.47. The third-order valence-corrected chi connectivity index (χ3v) is 3.24. The summed E-state index contributed by atoms with van der Waals surface area (Å²) >= 11 is 0. The molecular formula is C11H14N2O4. The molecule has 2 aliphatic rings. The van der Waals surface area contributed by atoms with Gasteiger partial charge >= 0.3 is 5.97 Å². The van der Waals surface area contributed by atoms with Crippen LogP contribution in [0.3, 0.4) is 0 Å². The molecule has 6 nitrogen and oxygen atoms in total. The number of hydrogen-bond donors (Lipinski definition) is 2. The number of carboxylic acid groups (broad SMARTS) is 1. The van der Waals surface area contributed by atoms with Gasteiger partial charge < -0.3 is 10.4 Å². The van der Waals surface area contributed by atoms with Crippen LogP contribution in [0.1, 0.15) is 26.7 Å². The Morgan fingerprint density at radius 2 is 2.12 bits per heavy atom. The third kappa shape index (κ3) is 1.69. The molecule has 0 aromatic rings. The first-order chi connectivity index (χ1) is 7.93. The van der Waals surface area contributed by atoms with E-state index >= 15 is 0 Å². The minimum Gasteiger partial charge on any atom is -0.477 e. The lowest BCUT2D eigenvalue weighted by Crippen LogP contribution is -2.71. The van der Waals surface area contributed by atoms with E-state index in [0.29, 0.717) is 18.4 Å². The Labute approximate surface area is 98.3 Å². The average Bonchev–Trinajstić information content (AvgIpc) is 2.24. The van der Waals surface area contributed by atoms with Gasteiger partial charge in [0.25, 0.3) is 5.91 Å². The molecule has 2 N–H and O–H groups in total. The number of rotatable bonds is 2. The van der Waals surface area contributed by atoms with E-state index in [9.17, 15) is 14.4 Å². The molecule has 2 heterocycles. The monoisotopic (exact) mass is 238 g/mol. The zero-order valence-electron chi connectivity index (χ0n) is 9.69. The number of hydrogen-bond acceptors (Lipinski definition) is 3. The largest absolute Gasteiger partial charge is 0.477 e. The summed E-state index contributed by atoms with van der Waals surface area (Å²) in [6.45, 7) is 3.07. The van der Waals surface area contributed by atoms with Crippen molar-refractivity contribution in [3.05, 3.63) is 11.3 Å². The lowest BCUT2D eigenvalue weighted by atomic mass is 9.84.